The highest BCUT2D eigenvalue weighted by Gasteiger charge is 2.19. The van der Waals surface area contributed by atoms with Crippen molar-refractivity contribution < 1.29 is 13.9 Å². The Labute approximate surface area is 217 Å². The van der Waals surface area contributed by atoms with Gasteiger partial charge in [0, 0.05) is 37.9 Å². The highest BCUT2D eigenvalue weighted by atomic mass is 19.1. The van der Waals surface area contributed by atoms with Gasteiger partial charge in [0.25, 0.3) is 0 Å². The number of nitrogens with two attached hydrogens (primary N) is 1. The minimum Gasteiger partial charge on any atom is -0.490 e. The van der Waals surface area contributed by atoms with Crippen LogP contribution in [-0.2, 0) is 17.8 Å². The van der Waals surface area contributed by atoms with Crippen molar-refractivity contribution in [2.24, 2.45) is 5.73 Å². The molecule has 2 N–H and O–H groups in total. The molecule has 0 bridgehead atoms. The van der Waals surface area contributed by atoms with Gasteiger partial charge in [-0.1, -0.05) is 72.8 Å². The normalized spacial score (nSPS) is 11.1. The van der Waals surface area contributed by atoms with E-state index < -0.39 is 11.7 Å². The predicted octanol–water partition coefficient (Wildman–Crippen LogP) is 5.35. The number of pyridine rings is 1. The molecule has 37 heavy (non-hydrogen) atoms. The summed E-state index contributed by atoms with van der Waals surface area (Å²) in [5.74, 6) is -0.598. The van der Waals surface area contributed by atoms with Crippen molar-refractivity contribution in [1.82, 2.24) is 9.88 Å². The first kappa shape index (κ1) is 26.0. The summed E-state index contributed by atoms with van der Waals surface area (Å²) in [7, 11) is 0. The number of aromatic nitrogens is 1. The molecule has 1 aromatic heterocycles. The Morgan fingerprint density at radius 3 is 2.22 bits per heavy atom. The van der Waals surface area contributed by atoms with E-state index in [2.05, 4.69) is 64.5 Å². The average Bonchev–Trinajstić information content (AvgIpc) is 2.91. The number of hydrogen-bond donors (Lipinski definition) is 1. The van der Waals surface area contributed by atoms with Crippen LogP contribution in [0.15, 0.2) is 103 Å². The number of primary amides is 1. The number of nitrogens with zero attached hydrogens (tertiary/aromatic N) is 2. The Balaban J connectivity index is 1.44. The first-order valence-electron chi connectivity index (χ1n) is 12.5. The summed E-state index contributed by atoms with van der Waals surface area (Å²) >= 11 is 0. The summed E-state index contributed by atoms with van der Waals surface area (Å²) in [4.78, 5) is 17.8. The van der Waals surface area contributed by atoms with Crippen molar-refractivity contribution in [1.29, 1.82) is 0 Å². The van der Waals surface area contributed by atoms with E-state index in [-0.39, 0.29) is 18.1 Å². The maximum absolute atomic E-state index is 14.4. The molecule has 6 heteroatoms. The first-order valence-corrected chi connectivity index (χ1v) is 12.5. The zero-order valence-electron chi connectivity index (χ0n) is 20.8. The molecule has 0 spiro atoms. The first-order chi connectivity index (χ1) is 18.1. The molecule has 0 aliphatic rings. The second-order valence-electron chi connectivity index (χ2n) is 9.08. The van der Waals surface area contributed by atoms with Gasteiger partial charge in [0.05, 0.1) is 13.0 Å². The van der Waals surface area contributed by atoms with E-state index in [0.29, 0.717) is 12.2 Å². The fourth-order valence-electron chi connectivity index (χ4n) is 4.46. The van der Waals surface area contributed by atoms with Crippen LogP contribution in [-0.4, -0.2) is 35.5 Å². The molecule has 1 heterocycles. The zero-order valence-corrected chi connectivity index (χ0v) is 20.8. The fourth-order valence-corrected chi connectivity index (χ4v) is 4.46. The standard InChI is InChI=1S/C31H32FN3O2/c32-29-19-24(20-31(33)36)14-15-30(29)37-18-8-17-35(22-25-9-7-16-34-21-25)23-28(26-10-3-1-4-11-26)27-12-5-2-6-13-27/h1-7,9-16,19,21,28H,8,17-18,20,22-23H2,(H2,33,36). The molecule has 4 aromatic rings. The lowest BCUT2D eigenvalue weighted by Crippen LogP contribution is -2.30. The minimum atomic E-state index is -0.494. The Hall–Kier alpha value is -4.03. The predicted molar refractivity (Wildman–Crippen MR) is 144 cm³/mol. The topological polar surface area (TPSA) is 68.5 Å². The van der Waals surface area contributed by atoms with Gasteiger partial charge < -0.3 is 10.5 Å². The number of benzene rings is 3. The fraction of sp³-hybridized carbons (Fsp3) is 0.226. The van der Waals surface area contributed by atoms with Crippen LogP contribution in [0, 0.1) is 5.82 Å². The number of rotatable bonds is 13. The van der Waals surface area contributed by atoms with Crippen LogP contribution in [0.3, 0.4) is 0 Å². The highest BCUT2D eigenvalue weighted by molar-refractivity contribution is 5.76. The van der Waals surface area contributed by atoms with Crippen LogP contribution in [0.25, 0.3) is 0 Å². The lowest BCUT2D eigenvalue weighted by molar-refractivity contribution is -0.117. The Morgan fingerprint density at radius 1 is 0.919 bits per heavy atom. The molecule has 0 saturated carbocycles. The van der Waals surface area contributed by atoms with E-state index in [0.717, 1.165) is 31.6 Å². The van der Waals surface area contributed by atoms with Crippen LogP contribution in [0.2, 0.25) is 0 Å². The van der Waals surface area contributed by atoms with Crippen LogP contribution in [0.5, 0.6) is 5.75 Å². The van der Waals surface area contributed by atoms with Gasteiger partial charge in [-0.2, -0.15) is 0 Å². The molecule has 0 unspecified atom stereocenters. The maximum Gasteiger partial charge on any atom is 0.221 e. The molecule has 0 fully saturated rings. The Bertz CT molecular complexity index is 1210. The van der Waals surface area contributed by atoms with Gasteiger partial charge in [-0.3, -0.25) is 14.7 Å². The van der Waals surface area contributed by atoms with Gasteiger partial charge in [0.1, 0.15) is 0 Å². The second-order valence-corrected chi connectivity index (χ2v) is 9.08. The molecular weight excluding hydrogens is 465 g/mol. The van der Waals surface area contributed by atoms with E-state index >= 15 is 0 Å². The lowest BCUT2D eigenvalue weighted by atomic mass is 9.90. The molecule has 0 atom stereocenters. The maximum atomic E-state index is 14.4. The summed E-state index contributed by atoms with van der Waals surface area (Å²) < 4.78 is 20.2. The van der Waals surface area contributed by atoms with E-state index in [1.165, 1.54) is 17.2 Å². The number of amides is 1. The van der Waals surface area contributed by atoms with Gasteiger partial charge in [-0.15, -0.1) is 0 Å². The largest absolute Gasteiger partial charge is 0.490 e. The molecule has 1 amide bonds. The van der Waals surface area contributed by atoms with Gasteiger partial charge in [-0.05, 0) is 46.9 Å². The molecule has 0 radical (unpaired) electrons. The zero-order chi connectivity index (χ0) is 25.9. The Kier molecular flexibility index (Phi) is 9.38. The molecular formula is C31H32FN3O2. The van der Waals surface area contributed by atoms with Crippen molar-refractivity contribution >= 4 is 5.91 Å². The van der Waals surface area contributed by atoms with Gasteiger partial charge >= 0.3 is 0 Å². The van der Waals surface area contributed by atoms with Crippen molar-refractivity contribution in [3.63, 3.8) is 0 Å². The number of halogens is 1. The quantitative estimate of drug-likeness (QED) is 0.253. The number of carbonyl (C=O) groups is 1. The third-order valence-corrected chi connectivity index (χ3v) is 6.22. The number of hydrogen-bond acceptors (Lipinski definition) is 4. The van der Waals surface area contributed by atoms with E-state index in [4.69, 9.17) is 10.5 Å². The third-order valence-electron chi connectivity index (χ3n) is 6.22. The molecule has 0 aliphatic carbocycles. The van der Waals surface area contributed by atoms with E-state index in [9.17, 15) is 9.18 Å². The SMILES string of the molecule is NC(=O)Cc1ccc(OCCCN(Cc2cccnc2)CC(c2ccccc2)c2ccccc2)c(F)c1. The average molecular weight is 498 g/mol. The summed E-state index contributed by atoms with van der Waals surface area (Å²) in [5.41, 5.74) is 9.40. The summed E-state index contributed by atoms with van der Waals surface area (Å²) in [6.45, 7) is 2.71. The van der Waals surface area contributed by atoms with Crippen molar-refractivity contribution in [2.45, 2.75) is 25.3 Å². The van der Waals surface area contributed by atoms with Crippen LogP contribution >= 0.6 is 0 Å². The van der Waals surface area contributed by atoms with E-state index in [1.807, 2.05) is 24.4 Å². The molecule has 0 saturated heterocycles. The lowest BCUT2D eigenvalue weighted by Gasteiger charge is -2.28. The minimum absolute atomic E-state index is 0.00446. The van der Waals surface area contributed by atoms with Crippen LogP contribution in [0.1, 0.15) is 34.6 Å². The summed E-state index contributed by atoms with van der Waals surface area (Å²) in [6, 6.07) is 29.6. The van der Waals surface area contributed by atoms with Crippen LogP contribution < -0.4 is 10.5 Å². The molecule has 5 nitrogen and oxygen atoms in total. The Morgan fingerprint density at radius 2 is 1.62 bits per heavy atom. The molecule has 190 valence electrons. The smallest absolute Gasteiger partial charge is 0.221 e. The number of ether oxygens (including phenoxy) is 1. The molecule has 4 rings (SSSR count). The van der Waals surface area contributed by atoms with Crippen molar-refractivity contribution in [3.05, 3.63) is 131 Å². The third kappa shape index (κ3) is 7.98. The highest BCUT2D eigenvalue weighted by Crippen LogP contribution is 2.26. The second kappa shape index (κ2) is 13.3. The summed E-state index contributed by atoms with van der Waals surface area (Å²) in [5, 5.41) is 0. The van der Waals surface area contributed by atoms with E-state index in [1.54, 1.807) is 18.3 Å². The van der Waals surface area contributed by atoms with Crippen LogP contribution in [0.4, 0.5) is 4.39 Å². The molecule has 0 aliphatic heterocycles. The van der Waals surface area contributed by atoms with Gasteiger partial charge in [0.15, 0.2) is 11.6 Å². The van der Waals surface area contributed by atoms with Gasteiger partial charge in [-0.25, -0.2) is 4.39 Å². The monoisotopic (exact) mass is 497 g/mol. The van der Waals surface area contributed by atoms with Gasteiger partial charge in [0.2, 0.25) is 5.91 Å². The summed E-state index contributed by atoms with van der Waals surface area (Å²) in [6.07, 6.45) is 4.40. The van der Waals surface area contributed by atoms with Crippen molar-refractivity contribution in [2.75, 3.05) is 19.7 Å². The number of carbonyl (C=O) groups excluding carboxylic acids is 1. The molecule has 3 aromatic carbocycles. The van der Waals surface area contributed by atoms with Crippen molar-refractivity contribution in [3.8, 4) is 5.75 Å².